The average molecular weight is 372 g/mol. The minimum Gasteiger partial charge on any atom is -0.337 e. The van der Waals surface area contributed by atoms with E-state index in [1.807, 2.05) is 30.4 Å². The first-order valence-corrected chi connectivity index (χ1v) is 9.51. The van der Waals surface area contributed by atoms with Gasteiger partial charge in [-0.15, -0.1) is 0 Å². The van der Waals surface area contributed by atoms with Crippen LogP contribution in [0.15, 0.2) is 10.9 Å². The van der Waals surface area contributed by atoms with E-state index in [1.54, 1.807) is 13.0 Å². The molecular formula is C19H28N6O2. The summed E-state index contributed by atoms with van der Waals surface area (Å²) in [5, 5.41) is 4.47. The Morgan fingerprint density at radius 2 is 1.96 bits per heavy atom. The van der Waals surface area contributed by atoms with Crippen LogP contribution in [0, 0.1) is 20.8 Å². The number of nitrogens with zero attached hydrogens (tertiary/aromatic N) is 5. The van der Waals surface area contributed by atoms with Gasteiger partial charge in [0.25, 0.3) is 11.5 Å². The number of hydrogen-bond acceptors (Lipinski definition) is 5. The zero-order chi connectivity index (χ0) is 19.6. The van der Waals surface area contributed by atoms with Gasteiger partial charge < -0.3 is 9.88 Å². The molecule has 0 saturated carbocycles. The number of aryl methyl sites for hydroxylation is 3. The highest BCUT2D eigenvalue weighted by Crippen LogP contribution is 2.17. The summed E-state index contributed by atoms with van der Waals surface area (Å²) < 4.78 is 1.88. The number of nitrogens with one attached hydrogen (secondary N) is 1. The van der Waals surface area contributed by atoms with Crippen LogP contribution >= 0.6 is 0 Å². The van der Waals surface area contributed by atoms with Gasteiger partial charge in [-0.1, -0.05) is 0 Å². The first-order valence-electron chi connectivity index (χ1n) is 9.51. The summed E-state index contributed by atoms with van der Waals surface area (Å²) in [5.74, 6) is 0.694. The molecule has 3 rings (SSSR count). The maximum atomic E-state index is 13.1. The van der Waals surface area contributed by atoms with Gasteiger partial charge in [-0.2, -0.15) is 5.10 Å². The van der Waals surface area contributed by atoms with Crippen LogP contribution in [-0.4, -0.2) is 61.6 Å². The third-order valence-corrected chi connectivity index (χ3v) is 5.07. The molecule has 0 bridgehead atoms. The van der Waals surface area contributed by atoms with Gasteiger partial charge in [0.15, 0.2) is 0 Å². The van der Waals surface area contributed by atoms with Crippen molar-refractivity contribution < 1.29 is 4.79 Å². The van der Waals surface area contributed by atoms with E-state index in [-0.39, 0.29) is 11.5 Å². The Hall–Kier alpha value is -2.48. The van der Waals surface area contributed by atoms with E-state index >= 15 is 0 Å². The van der Waals surface area contributed by atoms with Crippen LogP contribution in [0.25, 0.3) is 0 Å². The second-order valence-electron chi connectivity index (χ2n) is 7.11. The molecule has 2 aromatic heterocycles. The Labute approximate surface area is 159 Å². The monoisotopic (exact) mass is 372 g/mol. The summed E-state index contributed by atoms with van der Waals surface area (Å²) in [5.41, 5.74) is 3.11. The van der Waals surface area contributed by atoms with Crippen molar-refractivity contribution in [1.29, 1.82) is 0 Å². The second-order valence-corrected chi connectivity index (χ2v) is 7.11. The van der Waals surface area contributed by atoms with Crippen LogP contribution in [0.3, 0.4) is 0 Å². The van der Waals surface area contributed by atoms with E-state index in [0.29, 0.717) is 18.9 Å². The Bertz CT molecular complexity index is 885. The molecular weight excluding hydrogens is 344 g/mol. The van der Waals surface area contributed by atoms with E-state index in [9.17, 15) is 9.59 Å². The molecule has 1 N–H and O–H groups in total. The largest absolute Gasteiger partial charge is 0.337 e. The van der Waals surface area contributed by atoms with Gasteiger partial charge in [-0.05, 0) is 34.1 Å². The molecule has 0 atom stereocenters. The topological polar surface area (TPSA) is 87.1 Å². The van der Waals surface area contributed by atoms with E-state index in [0.717, 1.165) is 55.2 Å². The maximum absolute atomic E-state index is 13.1. The number of aromatic amines is 1. The van der Waals surface area contributed by atoms with Crippen molar-refractivity contribution in [2.24, 2.45) is 0 Å². The molecule has 0 aromatic carbocycles. The van der Waals surface area contributed by atoms with Crippen molar-refractivity contribution in [2.75, 3.05) is 26.2 Å². The number of H-pyrrole nitrogens is 1. The third kappa shape index (κ3) is 4.27. The molecule has 8 heteroatoms. The van der Waals surface area contributed by atoms with Crippen molar-refractivity contribution in [3.63, 3.8) is 0 Å². The number of amides is 1. The van der Waals surface area contributed by atoms with Crippen molar-refractivity contribution in [3.8, 4) is 0 Å². The van der Waals surface area contributed by atoms with Crippen LogP contribution in [0.4, 0.5) is 0 Å². The minimum absolute atomic E-state index is 0.0664. The number of carbonyl (C=O) groups excluding carboxylic acids is 1. The van der Waals surface area contributed by atoms with Crippen LogP contribution in [0.2, 0.25) is 0 Å². The van der Waals surface area contributed by atoms with Gasteiger partial charge in [0.1, 0.15) is 5.82 Å². The van der Waals surface area contributed by atoms with Crippen LogP contribution in [0.1, 0.15) is 46.6 Å². The Balaban J connectivity index is 1.68. The van der Waals surface area contributed by atoms with Crippen LogP contribution in [0.5, 0.6) is 0 Å². The summed E-state index contributed by atoms with van der Waals surface area (Å²) in [7, 11) is 0. The van der Waals surface area contributed by atoms with Gasteiger partial charge in [0, 0.05) is 51.0 Å². The van der Waals surface area contributed by atoms with Crippen molar-refractivity contribution in [3.05, 3.63) is 44.9 Å². The number of carbonyl (C=O) groups is 1. The van der Waals surface area contributed by atoms with Crippen molar-refractivity contribution in [1.82, 2.24) is 29.5 Å². The van der Waals surface area contributed by atoms with Gasteiger partial charge >= 0.3 is 0 Å². The van der Waals surface area contributed by atoms with Gasteiger partial charge in [-0.3, -0.25) is 19.2 Å². The summed E-state index contributed by atoms with van der Waals surface area (Å²) in [4.78, 5) is 36.0. The van der Waals surface area contributed by atoms with Gasteiger partial charge in [0.05, 0.1) is 17.0 Å². The zero-order valence-corrected chi connectivity index (χ0v) is 16.6. The summed E-state index contributed by atoms with van der Waals surface area (Å²) >= 11 is 0. The average Bonchev–Trinajstić information content (AvgIpc) is 2.76. The molecule has 1 aliphatic rings. The van der Waals surface area contributed by atoms with Gasteiger partial charge in [0.2, 0.25) is 0 Å². The fourth-order valence-electron chi connectivity index (χ4n) is 3.76. The van der Waals surface area contributed by atoms with Crippen LogP contribution in [-0.2, 0) is 13.1 Å². The smallest absolute Gasteiger partial charge is 0.257 e. The van der Waals surface area contributed by atoms with E-state index in [2.05, 4.69) is 20.0 Å². The first kappa shape index (κ1) is 19.3. The van der Waals surface area contributed by atoms with E-state index in [1.165, 1.54) is 0 Å². The SMILES string of the molecule is CCn1nc(C)c(C(=O)N2CCCN(Cc3cc(=O)[nH]c(C)n3)CC2)c1C. The molecule has 1 amide bonds. The Morgan fingerprint density at radius 1 is 1.19 bits per heavy atom. The Morgan fingerprint density at radius 3 is 2.63 bits per heavy atom. The summed E-state index contributed by atoms with van der Waals surface area (Å²) in [6.45, 7) is 12.1. The highest BCUT2D eigenvalue weighted by atomic mass is 16.2. The van der Waals surface area contributed by atoms with Gasteiger partial charge in [-0.25, -0.2) is 4.98 Å². The first-order chi connectivity index (χ1) is 12.9. The quantitative estimate of drug-likeness (QED) is 0.873. The molecule has 1 fully saturated rings. The molecule has 1 aliphatic heterocycles. The molecule has 27 heavy (non-hydrogen) atoms. The van der Waals surface area contributed by atoms with E-state index in [4.69, 9.17) is 0 Å². The lowest BCUT2D eigenvalue weighted by Gasteiger charge is -2.22. The predicted molar refractivity (Wildman–Crippen MR) is 103 cm³/mol. The normalized spacial score (nSPS) is 15.8. The molecule has 146 valence electrons. The Kier molecular flexibility index (Phi) is 5.74. The lowest BCUT2D eigenvalue weighted by molar-refractivity contribution is 0.0759. The highest BCUT2D eigenvalue weighted by molar-refractivity contribution is 5.96. The second kappa shape index (κ2) is 8.04. The maximum Gasteiger partial charge on any atom is 0.257 e. The molecule has 1 saturated heterocycles. The fraction of sp³-hybridized carbons (Fsp3) is 0.579. The standard InChI is InChI=1S/C19H28N6O2/c1-5-25-14(3)18(13(2)22-25)19(27)24-8-6-7-23(9-10-24)12-16-11-17(26)21-15(4)20-16/h11H,5-10,12H2,1-4H3,(H,20,21,26). The fourth-order valence-corrected chi connectivity index (χ4v) is 3.76. The van der Waals surface area contributed by atoms with Crippen molar-refractivity contribution >= 4 is 5.91 Å². The predicted octanol–water partition coefficient (Wildman–Crippen LogP) is 1.26. The molecule has 0 unspecified atom stereocenters. The summed E-state index contributed by atoms with van der Waals surface area (Å²) in [6, 6.07) is 1.55. The molecule has 0 radical (unpaired) electrons. The third-order valence-electron chi connectivity index (χ3n) is 5.07. The molecule has 0 spiro atoms. The lowest BCUT2D eigenvalue weighted by atomic mass is 10.1. The van der Waals surface area contributed by atoms with E-state index < -0.39 is 0 Å². The molecule has 2 aromatic rings. The number of aromatic nitrogens is 4. The molecule has 8 nitrogen and oxygen atoms in total. The minimum atomic E-state index is -0.122. The van der Waals surface area contributed by atoms with Crippen LogP contribution < -0.4 is 5.56 Å². The summed E-state index contributed by atoms with van der Waals surface area (Å²) in [6.07, 6.45) is 0.897. The lowest BCUT2D eigenvalue weighted by Crippen LogP contribution is -2.35. The number of hydrogen-bond donors (Lipinski definition) is 1. The van der Waals surface area contributed by atoms with Crippen molar-refractivity contribution in [2.45, 2.75) is 47.2 Å². The number of rotatable bonds is 4. The highest BCUT2D eigenvalue weighted by Gasteiger charge is 2.25. The molecule has 3 heterocycles. The molecule has 0 aliphatic carbocycles. The zero-order valence-electron chi connectivity index (χ0n) is 16.6.